The van der Waals surface area contributed by atoms with E-state index in [0.29, 0.717) is 11.4 Å². The fourth-order valence-electron chi connectivity index (χ4n) is 1.70. The molecule has 2 rings (SSSR count). The van der Waals surface area contributed by atoms with Crippen molar-refractivity contribution in [2.75, 3.05) is 5.32 Å². The molecule has 0 aliphatic carbocycles. The molecule has 4 nitrogen and oxygen atoms in total. The number of nitrogens with one attached hydrogen (secondary N) is 2. The van der Waals surface area contributed by atoms with E-state index in [2.05, 4.69) is 15.5 Å². The van der Waals surface area contributed by atoms with Gasteiger partial charge in [0, 0.05) is 11.8 Å². The fraction of sp³-hybridized carbons (Fsp3) is 0.286. The Morgan fingerprint density at radius 2 is 2.16 bits per heavy atom. The first-order valence-electron chi connectivity index (χ1n) is 6.11. The summed E-state index contributed by atoms with van der Waals surface area (Å²) in [5, 5.41) is 9.39. The summed E-state index contributed by atoms with van der Waals surface area (Å²) in [5.41, 5.74) is 1.38. The lowest BCUT2D eigenvalue weighted by atomic mass is 10.1. The van der Waals surface area contributed by atoms with E-state index in [1.165, 1.54) is 6.07 Å². The Morgan fingerprint density at radius 1 is 1.42 bits per heavy atom. The highest BCUT2D eigenvalue weighted by Crippen LogP contribution is 2.17. The van der Waals surface area contributed by atoms with E-state index in [-0.39, 0.29) is 11.5 Å². The van der Waals surface area contributed by atoms with Crippen LogP contribution in [0.3, 0.4) is 0 Å². The molecule has 0 saturated carbocycles. The van der Waals surface area contributed by atoms with Crippen molar-refractivity contribution in [1.82, 2.24) is 10.2 Å². The molecule has 0 fully saturated rings. The van der Waals surface area contributed by atoms with Gasteiger partial charge in [0.1, 0.15) is 5.82 Å². The number of aromatic amines is 1. The van der Waals surface area contributed by atoms with Crippen molar-refractivity contribution in [3.63, 3.8) is 0 Å². The van der Waals surface area contributed by atoms with Crippen molar-refractivity contribution in [1.29, 1.82) is 0 Å². The first kappa shape index (κ1) is 13.3. The van der Waals surface area contributed by atoms with Gasteiger partial charge >= 0.3 is 0 Å². The standard InChI is InChI=1S/C14H16FN3O/c1-8(2)11-7-12(18-17-11)16-14(19)10-6-4-5-9(3)13(10)15/h4-8H,1-3H3,(H2,16,17,18,19). The van der Waals surface area contributed by atoms with E-state index >= 15 is 0 Å². The van der Waals surface area contributed by atoms with Crippen molar-refractivity contribution in [2.45, 2.75) is 26.7 Å². The zero-order valence-electron chi connectivity index (χ0n) is 11.1. The quantitative estimate of drug-likeness (QED) is 0.891. The summed E-state index contributed by atoms with van der Waals surface area (Å²) < 4.78 is 13.8. The summed E-state index contributed by atoms with van der Waals surface area (Å²) in [7, 11) is 0. The van der Waals surface area contributed by atoms with E-state index in [1.807, 2.05) is 13.8 Å². The van der Waals surface area contributed by atoms with Crippen LogP contribution in [0.1, 0.15) is 41.4 Å². The third-order valence-corrected chi connectivity index (χ3v) is 2.90. The number of hydrogen-bond acceptors (Lipinski definition) is 2. The number of aromatic nitrogens is 2. The van der Waals surface area contributed by atoms with E-state index in [9.17, 15) is 9.18 Å². The lowest BCUT2D eigenvalue weighted by Crippen LogP contribution is -2.14. The number of hydrogen-bond donors (Lipinski definition) is 2. The lowest BCUT2D eigenvalue weighted by Gasteiger charge is -2.04. The molecule has 1 aromatic heterocycles. The molecule has 2 N–H and O–H groups in total. The maximum atomic E-state index is 13.8. The number of amides is 1. The van der Waals surface area contributed by atoms with Crippen LogP contribution in [-0.4, -0.2) is 16.1 Å². The van der Waals surface area contributed by atoms with Gasteiger partial charge < -0.3 is 5.32 Å². The van der Waals surface area contributed by atoms with Crippen LogP contribution in [0.25, 0.3) is 0 Å². The Hall–Kier alpha value is -2.17. The Balaban J connectivity index is 2.18. The summed E-state index contributed by atoms with van der Waals surface area (Å²) in [6, 6.07) is 6.47. The zero-order chi connectivity index (χ0) is 14.0. The molecule has 2 aromatic rings. The van der Waals surface area contributed by atoms with Crippen molar-refractivity contribution < 1.29 is 9.18 Å². The zero-order valence-corrected chi connectivity index (χ0v) is 11.1. The van der Waals surface area contributed by atoms with Crippen molar-refractivity contribution in [3.8, 4) is 0 Å². The van der Waals surface area contributed by atoms with Crippen molar-refractivity contribution in [3.05, 3.63) is 46.9 Å². The highest BCUT2D eigenvalue weighted by atomic mass is 19.1. The van der Waals surface area contributed by atoms with Gasteiger partial charge in [-0.25, -0.2) is 4.39 Å². The van der Waals surface area contributed by atoms with Gasteiger partial charge in [0.25, 0.3) is 5.91 Å². The maximum Gasteiger partial charge on any atom is 0.259 e. The summed E-state index contributed by atoms with van der Waals surface area (Å²) in [5.74, 6) is -0.314. The van der Waals surface area contributed by atoms with E-state index in [1.54, 1.807) is 25.1 Å². The molecule has 0 aliphatic rings. The number of nitrogens with zero attached hydrogens (tertiary/aromatic N) is 1. The molecule has 0 saturated heterocycles. The molecule has 19 heavy (non-hydrogen) atoms. The molecule has 0 aliphatic heterocycles. The monoisotopic (exact) mass is 261 g/mol. The Kier molecular flexibility index (Phi) is 3.64. The van der Waals surface area contributed by atoms with Gasteiger partial charge in [-0.2, -0.15) is 5.10 Å². The lowest BCUT2D eigenvalue weighted by molar-refractivity contribution is 0.102. The predicted octanol–water partition coefficient (Wildman–Crippen LogP) is 3.23. The molecule has 0 bridgehead atoms. The molecule has 1 amide bonds. The molecular weight excluding hydrogens is 245 g/mol. The molecule has 0 radical (unpaired) electrons. The van der Waals surface area contributed by atoms with Gasteiger partial charge in [0.15, 0.2) is 5.82 Å². The number of anilines is 1. The van der Waals surface area contributed by atoms with Gasteiger partial charge in [-0.3, -0.25) is 9.89 Å². The molecule has 1 heterocycles. The maximum absolute atomic E-state index is 13.8. The van der Waals surface area contributed by atoms with E-state index in [0.717, 1.165) is 5.69 Å². The van der Waals surface area contributed by atoms with E-state index in [4.69, 9.17) is 0 Å². The van der Waals surface area contributed by atoms with Crippen LogP contribution >= 0.6 is 0 Å². The molecule has 1 aromatic carbocycles. The predicted molar refractivity (Wildman–Crippen MR) is 71.8 cm³/mol. The average molecular weight is 261 g/mol. The minimum Gasteiger partial charge on any atom is -0.305 e. The van der Waals surface area contributed by atoms with Crippen LogP contribution in [-0.2, 0) is 0 Å². The number of halogens is 1. The molecule has 0 spiro atoms. The summed E-state index contributed by atoms with van der Waals surface area (Å²) in [6.45, 7) is 5.65. The summed E-state index contributed by atoms with van der Waals surface area (Å²) >= 11 is 0. The number of rotatable bonds is 3. The number of H-pyrrole nitrogens is 1. The van der Waals surface area contributed by atoms with Crippen LogP contribution in [0.4, 0.5) is 10.2 Å². The first-order chi connectivity index (χ1) is 8.99. The van der Waals surface area contributed by atoms with Gasteiger partial charge in [-0.1, -0.05) is 26.0 Å². The SMILES string of the molecule is Cc1cccc(C(=O)Nc2cc(C(C)C)[nH]n2)c1F. The summed E-state index contributed by atoms with van der Waals surface area (Å²) in [6.07, 6.45) is 0. The highest BCUT2D eigenvalue weighted by molar-refractivity contribution is 6.04. The van der Waals surface area contributed by atoms with Crippen LogP contribution in [0.5, 0.6) is 0 Å². The second-order valence-corrected chi connectivity index (χ2v) is 4.75. The molecular formula is C14H16FN3O. The first-order valence-corrected chi connectivity index (χ1v) is 6.11. The Bertz CT molecular complexity index is 604. The Morgan fingerprint density at radius 3 is 2.79 bits per heavy atom. The van der Waals surface area contributed by atoms with Gasteiger partial charge in [-0.05, 0) is 24.5 Å². The third-order valence-electron chi connectivity index (χ3n) is 2.90. The van der Waals surface area contributed by atoms with Crippen LogP contribution in [0, 0.1) is 12.7 Å². The number of carbonyl (C=O) groups is 1. The second kappa shape index (κ2) is 5.22. The van der Waals surface area contributed by atoms with Gasteiger partial charge in [-0.15, -0.1) is 0 Å². The average Bonchev–Trinajstić information content (AvgIpc) is 2.81. The van der Waals surface area contributed by atoms with Crippen LogP contribution < -0.4 is 5.32 Å². The third kappa shape index (κ3) is 2.81. The second-order valence-electron chi connectivity index (χ2n) is 4.75. The number of carbonyl (C=O) groups excluding carboxylic acids is 1. The number of benzene rings is 1. The van der Waals surface area contributed by atoms with Crippen molar-refractivity contribution >= 4 is 11.7 Å². The topological polar surface area (TPSA) is 57.8 Å². The normalized spacial score (nSPS) is 10.8. The largest absolute Gasteiger partial charge is 0.305 e. The number of aryl methyl sites for hydroxylation is 1. The highest BCUT2D eigenvalue weighted by Gasteiger charge is 2.14. The summed E-state index contributed by atoms with van der Waals surface area (Å²) in [4.78, 5) is 12.0. The minimum absolute atomic E-state index is 0.0223. The molecule has 0 atom stereocenters. The van der Waals surface area contributed by atoms with Crippen LogP contribution in [0.2, 0.25) is 0 Å². The molecule has 5 heteroatoms. The molecule has 0 unspecified atom stereocenters. The molecule has 100 valence electrons. The smallest absolute Gasteiger partial charge is 0.259 e. The fourth-order valence-corrected chi connectivity index (χ4v) is 1.70. The van der Waals surface area contributed by atoms with Gasteiger partial charge in [0.2, 0.25) is 0 Å². The van der Waals surface area contributed by atoms with E-state index < -0.39 is 11.7 Å². The Labute approximate surface area is 111 Å². The minimum atomic E-state index is -0.500. The van der Waals surface area contributed by atoms with Crippen molar-refractivity contribution in [2.24, 2.45) is 0 Å². The van der Waals surface area contributed by atoms with Crippen LogP contribution in [0.15, 0.2) is 24.3 Å². The van der Waals surface area contributed by atoms with Gasteiger partial charge in [0.05, 0.1) is 5.56 Å².